The molecule has 0 aliphatic heterocycles. The first-order chi connectivity index (χ1) is 16.2. The van der Waals surface area contributed by atoms with Gasteiger partial charge in [0.15, 0.2) is 5.65 Å². The summed E-state index contributed by atoms with van der Waals surface area (Å²) in [5.41, 5.74) is 2.04. The average Bonchev–Trinajstić information content (AvgIpc) is 2.79. The van der Waals surface area contributed by atoms with Crippen molar-refractivity contribution in [2.24, 2.45) is 0 Å². The van der Waals surface area contributed by atoms with Gasteiger partial charge in [0, 0.05) is 17.6 Å². The molecule has 0 spiro atoms. The molecule has 11 heteroatoms. The van der Waals surface area contributed by atoms with Crippen molar-refractivity contribution in [1.29, 1.82) is 0 Å². The van der Waals surface area contributed by atoms with E-state index in [1.807, 2.05) is 18.2 Å². The molecule has 3 N–H and O–H groups in total. The van der Waals surface area contributed by atoms with Crippen molar-refractivity contribution < 1.29 is 18.0 Å². The zero-order valence-electron chi connectivity index (χ0n) is 17.4. The number of nitrogens with zero attached hydrogens (tertiary/aromatic N) is 2. The number of aryl methyl sites for hydroxylation is 2. The lowest BCUT2D eigenvalue weighted by molar-refractivity contribution is -0.137. The van der Waals surface area contributed by atoms with Crippen molar-refractivity contribution >= 4 is 40.2 Å². The fourth-order valence-corrected chi connectivity index (χ4v) is 3.58. The number of nitrogens with one attached hydrogen (secondary N) is 3. The minimum atomic E-state index is -4.63. The molecule has 2 amide bonds. The Morgan fingerprint density at radius 3 is 2.41 bits per heavy atom. The maximum Gasteiger partial charge on any atom is 0.417 e. The molecule has 0 aliphatic carbocycles. The zero-order chi connectivity index (χ0) is 24.3. The normalized spacial score (nSPS) is 11.4. The monoisotopic (exact) mass is 487 g/mol. The highest BCUT2D eigenvalue weighted by Gasteiger charge is 2.33. The molecule has 0 bridgehead atoms. The largest absolute Gasteiger partial charge is 0.417 e. The van der Waals surface area contributed by atoms with Crippen molar-refractivity contribution in [2.75, 3.05) is 10.6 Å². The number of anilines is 2. The lowest BCUT2D eigenvalue weighted by Gasteiger charge is -2.12. The number of halogens is 4. The van der Waals surface area contributed by atoms with Crippen LogP contribution < -0.4 is 16.2 Å². The third kappa shape index (κ3) is 5.52. The molecule has 174 valence electrons. The Balaban J connectivity index is 1.38. The first-order valence-corrected chi connectivity index (χ1v) is 10.4. The number of hydrogen-bond acceptors (Lipinski definition) is 4. The number of amides is 2. The van der Waals surface area contributed by atoms with Gasteiger partial charge in [0.2, 0.25) is 0 Å². The topological polar surface area (TPSA) is 99.8 Å². The summed E-state index contributed by atoms with van der Waals surface area (Å²) in [5.74, 6) is 0. The molecule has 4 aromatic rings. The van der Waals surface area contributed by atoms with Crippen molar-refractivity contribution in [3.8, 4) is 0 Å². The van der Waals surface area contributed by atoms with Crippen LogP contribution in [0.2, 0.25) is 5.02 Å². The summed E-state index contributed by atoms with van der Waals surface area (Å²) in [5, 5.41) is 4.49. The molecule has 2 aromatic carbocycles. The highest BCUT2D eigenvalue weighted by Crippen LogP contribution is 2.36. The predicted octanol–water partition coefficient (Wildman–Crippen LogP) is 5.42. The highest BCUT2D eigenvalue weighted by molar-refractivity contribution is 6.31. The second kappa shape index (κ2) is 9.52. The Morgan fingerprint density at radius 1 is 0.971 bits per heavy atom. The molecule has 34 heavy (non-hydrogen) atoms. The molecule has 2 heterocycles. The number of H-pyrrole nitrogens is 1. The third-order valence-corrected chi connectivity index (χ3v) is 5.32. The van der Waals surface area contributed by atoms with Gasteiger partial charge in [-0.3, -0.25) is 4.79 Å². The molecular formula is C23H17ClF3N5O2. The van der Waals surface area contributed by atoms with Gasteiger partial charge in [-0.25, -0.2) is 14.8 Å². The van der Waals surface area contributed by atoms with E-state index in [-0.39, 0.29) is 11.2 Å². The lowest BCUT2D eigenvalue weighted by atomic mass is 10.0. The fraction of sp³-hybridized carbons (Fsp3) is 0.130. The van der Waals surface area contributed by atoms with Gasteiger partial charge in [-0.2, -0.15) is 13.2 Å². The van der Waals surface area contributed by atoms with Crippen LogP contribution >= 0.6 is 11.6 Å². The van der Waals surface area contributed by atoms with Crippen LogP contribution in [0.3, 0.4) is 0 Å². The summed E-state index contributed by atoms with van der Waals surface area (Å²) in [6.07, 6.45) is -0.523. The van der Waals surface area contributed by atoms with Crippen LogP contribution in [0, 0.1) is 0 Å². The van der Waals surface area contributed by atoms with Gasteiger partial charge in [0.05, 0.1) is 22.3 Å². The Kier molecular flexibility index (Phi) is 6.51. The minimum Gasteiger partial charge on any atom is -0.318 e. The predicted molar refractivity (Wildman–Crippen MR) is 123 cm³/mol. The van der Waals surface area contributed by atoms with E-state index in [9.17, 15) is 22.8 Å². The number of urea groups is 1. The van der Waals surface area contributed by atoms with Crippen molar-refractivity contribution in [2.45, 2.75) is 19.0 Å². The Bertz CT molecular complexity index is 1400. The minimum absolute atomic E-state index is 0.0389. The van der Waals surface area contributed by atoms with Crippen LogP contribution in [0.4, 0.5) is 29.3 Å². The third-order valence-electron chi connectivity index (χ3n) is 4.99. The van der Waals surface area contributed by atoms with Crippen LogP contribution in [0.25, 0.3) is 11.2 Å². The number of alkyl halides is 3. The maximum atomic E-state index is 13.0. The number of carbonyl (C=O) groups is 1. The van der Waals surface area contributed by atoms with E-state index in [4.69, 9.17) is 11.6 Å². The van der Waals surface area contributed by atoms with Crippen molar-refractivity contribution in [3.63, 3.8) is 0 Å². The number of rotatable bonds is 5. The number of hydrogen-bond donors (Lipinski definition) is 3. The number of carbonyl (C=O) groups excluding carboxylic acids is 1. The number of benzene rings is 2. The average molecular weight is 488 g/mol. The van der Waals surface area contributed by atoms with Gasteiger partial charge in [-0.05, 0) is 60.4 Å². The number of pyridine rings is 1. The number of aromatic amines is 1. The second-order valence-electron chi connectivity index (χ2n) is 7.38. The van der Waals surface area contributed by atoms with E-state index in [1.165, 1.54) is 12.3 Å². The molecule has 0 radical (unpaired) electrons. The molecule has 4 rings (SSSR count). The van der Waals surface area contributed by atoms with E-state index < -0.39 is 22.8 Å². The first kappa shape index (κ1) is 23.2. The van der Waals surface area contributed by atoms with Gasteiger partial charge in [0.25, 0.3) is 5.56 Å². The van der Waals surface area contributed by atoms with Gasteiger partial charge in [-0.1, -0.05) is 23.7 Å². The standard InChI is InChI=1S/C23H17ClF3N5O2/c24-18-8-7-16(11-17(18)23(25,26)27)31-22(34)30-15-5-2-13(3-6-15)1-4-14-9-10-28-21-20(14)32-19(33)12-29-21/h2-3,5-12H,1,4H2,(H,32,33)(H2,30,31,34). The molecule has 2 aromatic heterocycles. The molecule has 0 saturated carbocycles. The summed E-state index contributed by atoms with van der Waals surface area (Å²) >= 11 is 5.59. The molecular weight excluding hydrogens is 471 g/mol. The quantitative estimate of drug-likeness (QED) is 0.350. The number of aromatic nitrogens is 3. The van der Waals surface area contributed by atoms with Crippen LogP contribution in [0.15, 0.2) is 65.7 Å². The summed E-state index contributed by atoms with van der Waals surface area (Å²) in [4.78, 5) is 34.7. The lowest BCUT2D eigenvalue weighted by Crippen LogP contribution is -2.20. The zero-order valence-corrected chi connectivity index (χ0v) is 18.2. The summed E-state index contributed by atoms with van der Waals surface area (Å²) in [7, 11) is 0. The van der Waals surface area contributed by atoms with E-state index in [1.54, 1.807) is 18.3 Å². The van der Waals surface area contributed by atoms with Crippen LogP contribution in [0.5, 0.6) is 0 Å². The molecule has 0 saturated heterocycles. The summed E-state index contributed by atoms with van der Waals surface area (Å²) in [6, 6.07) is 11.3. The summed E-state index contributed by atoms with van der Waals surface area (Å²) < 4.78 is 38.9. The Hall–Kier alpha value is -3.92. The van der Waals surface area contributed by atoms with E-state index in [0.29, 0.717) is 29.7 Å². The molecule has 0 unspecified atom stereocenters. The fourth-order valence-electron chi connectivity index (χ4n) is 3.35. The second-order valence-corrected chi connectivity index (χ2v) is 7.79. The van der Waals surface area contributed by atoms with Gasteiger partial charge < -0.3 is 15.6 Å². The van der Waals surface area contributed by atoms with Crippen LogP contribution in [-0.4, -0.2) is 21.0 Å². The number of fused-ring (bicyclic) bond motifs is 1. The van der Waals surface area contributed by atoms with Gasteiger partial charge in [-0.15, -0.1) is 0 Å². The van der Waals surface area contributed by atoms with Gasteiger partial charge in [0.1, 0.15) is 0 Å². The molecule has 0 atom stereocenters. The van der Waals surface area contributed by atoms with Crippen LogP contribution in [-0.2, 0) is 19.0 Å². The Labute approximate surface area is 196 Å². The first-order valence-electron chi connectivity index (χ1n) is 10.1. The van der Waals surface area contributed by atoms with Gasteiger partial charge >= 0.3 is 12.2 Å². The molecule has 0 fully saturated rings. The van der Waals surface area contributed by atoms with E-state index in [2.05, 4.69) is 25.6 Å². The smallest absolute Gasteiger partial charge is 0.318 e. The molecule has 7 nitrogen and oxygen atoms in total. The Morgan fingerprint density at radius 2 is 1.68 bits per heavy atom. The van der Waals surface area contributed by atoms with Crippen molar-refractivity contribution in [1.82, 2.24) is 15.0 Å². The SMILES string of the molecule is O=C(Nc1ccc(CCc2ccnc3ncc(=O)[nH]c23)cc1)Nc1ccc(Cl)c(C(F)(F)F)c1. The summed E-state index contributed by atoms with van der Waals surface area (Å²) in [6.45, 7) is 0. The highest BCUT2D eigenvalue weighted by atomic mass is 35.5. The van der Waals surface area contributed by atoms with Crippen molar-refractivity contribution in [3.05, 3.63) is 93.0 Å². The van der Waals surface area contributed by atoms with E-state index >= 15 is 0 Å². The molecule has 0 aliphatic rings. The van der Waals surface area contributed by atoms with E-state index in [0.717, 1.165) is 23.3 Å². The van der Waals surface area contributed by atoms with Crippen LogP contribution in [0.1, 0.15) is 16.7 Å². The maximum absolute atomic E-state index is 13.0.